The number of nitrogens with one attached hydrogen (secondary N) is 1. The Balaban J connectivity index is 2.23. The van der Waals surface area contributed by atoms with Gasteiger partial charge in [0.15, 0.2) is 0 Å². The van der Waals surface area contributed by atoms with Crippen LogP contribution in [0, 0.1) is 11.3 Å². The number of ether oxygens (including phenoxy) is 1. The molecule has 1 N–H and O–H groups in total. The van der Waals surface area contributed by atoms with Crippen LogP contribution in [0.5, 0.6) is 0 Å². The third kappa shape index (κ3) is 5.50. The Bertz CT molecular complexity index is 341. The molecule has 0 saturated heterocycles. The summed E-state index contributed by atoms with van der Waals surface area (Å²) in [5.41, 5.74) is 0. The van der Waals surface area contributed by atoms with Crippen LogP contribution in [0.3, 0.4) is 0 Å². The first-order valence-corrected chi connectivity index (χ1v) is 6.39. The van der Waals surface area contributed by atoms with E-state index in [4.69, 9.17) is 10.00 Å². The molecular weight excluding hydrogens is 214 g/mol. The van der Waals surface area contributed by atoms with Crippen molar-refractivity contribution in [3.8, 4) is 6.07 Å². The van der Waals surface area contributed by atoms with Gasteiger partial charge in [-0.1, -0.05) is 0 Å². The Morgan fingerprint density at radius 2 is 2.29 bits per heavy atom. The molecule has 0 fully saturated rings. The zero-order valence-corrected chi connectivity index (χ0v) is 10.6. The summed E-state index contributed by atoms with van der Waals surface area (Å²) in [6, 6.07) is 2.18. The molecule has 0 aromatic carbocycles. The number of rotatable bonds is 9. The monoisotopic (exact) mass is 236 g/mol. The molecule has 4 nitrogen and oxygen atoms in total. The van der Waals surface area contributed by atoms with E-state index in [2.05, 4.69) is 21.8 Å². The third-order valence-electron chi connectivity index (χ3n) is 2.70. The first kappa shape index (κ1) is 13.7. The Hall–Kier alpha value is -1.34. The van der Waals surface area contributed by atoms with E-state index in [1.165, 1.54) is 5.82 Å². The maximum atomic E-state index is 8.51. The maximum absolute atomic E-state index is 8.51. The number of nitriles is 1. The highest BCUT2D eigenvalue weighted by atomic mass is 16.5. The molecule has 1 heterocycles. The van der Waals surface area contributed by atoms with Crippen LogP contribution >= 0.6 is 0 Å². The predicted octanol–water partition coefficient (Wildman–Crippen LogP) is 1.97. The molecular formula is C13H22N3O+. The highest BCUT2D eigenvalue weighted by Crippen LogP contribution is 1.98. The highest BCUT2D eigenvalue weighted by Gasteiger charge is 2.09. The highest BCUT2D eigenvalue weighted by molar-refractivity contribution is 4.80. The Kier molecular flexibility index (Phi) is 7.08. The van der Waals surface area contributed by atoms with Crippen molar-refractivity contribution in [1.29, 1.82) is 5.26 Å². The summed E-state index contributed by atoms with van der Waals surface area (Å²) in [7, 11) is 0. The number of aromatic amines is 1. The lowest BCUT2D eigenvalue weighted by Gasteiger charge is -2.01. The first-order valence-electron chi connectivity index (χ1n) is 6.39. The summed E-state index contributed by atoms with van der Waals surface area (Å²) < 4.78 is 7.55. The second kappa shape index (κ2) is 8.77. The van der Waals surface area contributed by atoms with Gasteiger partial charge in [-0.15, -0.1) is 0 Å². The molecule has 0 aliphatic carbocycles. The van der Waals surface area contributed by atoms with Crippen molar-refractivity contribution in [3.05, 3.63) is 18.2 Å². The normalized spacial score (nSPS) is 10.4. The third-order valence-corrected chi connectivity index (χ3v) is 2.70. The molecule has 4 heteroatoms. The fourth-order valence-corrected chi connectivity index (χ4v) is 1.79. The summed E-state index contributed by atoms with van der Waals surface area (Å²) in [5.74, 6) is 1.22. The Morgan fingerprint density at radius 1 is 1.41 bits per heavy atom. The van der Waals surface area contributed by atoms with Gasteiger partial charge < -0.3 is 4.74 Å². The van der Waals surface area contributed by atoms with Crippen molar-refractivity contribution in [3.63, 3.8) is 0 Å². The van der Waals surface area contributed by atoms with Gasteiger partial charge in [0.2, 0.25) is 0 Å². The molecule has 94 valence electrons. The van der Waals surface area contributed by atoms with Crippen molar-refractivity contribution >= 4 is 0 Å². The van der Waals surface area contributed by atoms with Crippen LogP contribution < -0.4 is 4.57 Å². The van der Waals surface area contributed by atoms with Gasteiger partial charge in [-0.2, -0.15) is 5.26 Å². The van der Waals surface area contributed by atoms with Gasteiger partial charge in [0, 0.05) is 19.6 Å². The molecule has 0 saturated carbocycles. The second-order valence-corrected chi connectivity index (χ2v) is 4.02. The molecule has 0 spiro atoms. The Morgan fingerprint density at radius 3 is 3.06 bits per heavy atom. The van der Waals surface area contributed by atoms with E-state index >= 15 is 0 Å². The van der Waals surface area contributed by atoms with E-state index < -0.39 is 0 Å². The number of aromatic nitrogens is 2. The number of hydrogen-bond acceptors (Lipinski definition) is 2. The molecule has 1 aromatic heterocycles. The summed E-state index contributed by atoms with van der Waals surface area (Å²) >= 11 is 0. The quantitative estimate of drug-likeness (QED) is 0.526. The number of unbranched alkanes of at least 4 members (excludes halogenated alkanes) is 2. The lowest BCUT2D eigenvalue weighted by molar-refractivity contribution is -0.703. The van der Waals surface area contributed by atoms with E-state index in [1.54, 1.807) is 0 Å². The van der Waals surface area contributed by atoms with Gasteiger partial charge >= 0.3 is 0 Å². The number of hydrogen-bond donors (Lipinski definition) is 1. The molecule has 0 aliphatic heterocycles. The Labute approximate surface area is 103 Å². The van der Waals surface area contributed by atoms with Gasteiger partial charge in [-0.25, -0.2) is 9.55 Å². The van der Waals surface area contributed by atoms with Crippen LogP contribution in [0.4, 0.5) is 0 Å². The lowest BCUT2D eigenvalue weighted by Crippen LogP contribution is -2.36. The predicted molar refractivity (Wildman–Crippen MR) is 65.3 cm³/mol. The molecule has 1 rings (SSSR count). The van der Waals surface area contributed by atoms with E-state index in [0.717, 1.165) is 45.4 Å². The average Bonchev–Trinajstić information content (AvgIpc) is 2.77. The van der Waals surface area contributed by atoms with Crippen LogP contribution in [-0.4, -0.2) is 18.2 Å². The van der Waals surface area contributed by atoms with Crippen molar-refractivity contribution < 1.29 is 9.30 Å². The van der Waals surface area contributed by atoms with Crippen molar-refractivity contribution in [2.75, 3.05) is 13.2 Å². The first-order chi connectivity index (χ1) is 8.38. The van der Waals surface area contributed by atoms with E-state index in [1.807, 2.05) is 13.1 Å². The molecule has 0 atom stereocenters. The van der Waals surface area contributed by atoms with Gasteiger partial charge in [-0.05, 0) is 26.2 Å². The molecule has 0 unspecified atom stereocenters. The van der Waals surface area contributed by atoms with Crippen LogP contribution in [0.25, 0.3) is 0 Å². The van der Waals surface area contributed by atoms with Crippen molar-refractivity contribution in [1.82, 2.24) is 4.98 Å². The number of nitrogens with zero attached hydrogens (tertiary/aromatic N) is 2. The molecule has 1 aromatic rings. The molecule has 0 bridgehead atoms. The van der Waals surface area contributed by atoms with Crippen LogP contribution in [0.15, 0.2) is 12.4 Å². The van der Waals surface area contributed by atoms with Crippen molar-refractivity contribution in [2.45, 2.75) is 45.6 Å². The second-order valence-electron chi connectivity index (χ2n) is 4.02. The average molecular weight is 236 g/mol. The number of imidazole rings is 1. The number of H-pyrrole nitrogens is 1. The van der Waals surface area contributed by atoms with E-state index in [9.17, 15) is 0 Å². The summed E-state index contributed by atoms with van der Waals surface area (Å²) in [4.78, 5) is 3.24. The van der Waals surface area contributed by atoms with E-state index in [0.29, 0.717) is 6.42 Å². The van der Waals surface area contributed by atoms with Crippen LogP contribution in [-0.2, 0) is 17.7 Å². The van der Waals surface area contributed by atoms with Gasteiger partial charge in [0.25, 0.3) is 5.82 Å². The molecule has 0 amide bonds. The van der Waals surface area contributed by atoms with Gasteiger partial charge in [0.05, 0.1) is 19.0 Å². The topological polar surface area (TPSA) is 52.7 Å². The summed E-state index contributed by atoms with van der Waals surface area (Å²) in [6.45, 7) is 4.70. The van der Waals surface area contributed by atoms with Crippen molar-refractivity contribution in [2.24, 2.45) is 0 Å². The standard InChI is InChI=1S/C13H21N3O/c1-2-17-12-6-5-10-16-11-9-15-13(16)7-3-4-8-14/h9,11H,2-7,10,12H2,1H3/p+1. The zero-order chi connectivity index (χ0) is 12.3. The minimum atomic E-state index is 0.628. The summed E-state index contributed by atoms with van der Waals surface area (Å²) in [5, 5.41) is 8.51. The van der Waals surface area contributed by atoms with Crippen LogP contribution in [0.1, 0.15) is 38.4 Å². The number of aryl methyl sites for hydroxylation is 2. The maximum Gasteiger partial charge on any atom is 0.254 e. The van der Waals surface area contributed by atoms with Crippen LogP contribution in [0.2, 0.25) is 0 Å². The smallest absolute Gasteiger partial charge is 0.254 e. The molecule has 0 aliphatic rings. The minimum Gasteiger partial charge on any atom is -0.382 e. The van der Waals surface area contributed by atoms with Gasteiger partial charge in [-0.3, -0.25) is 0 Å². The fraction of sp³-hybridized carbons (Fsp3) is 0.692. The zero-order valence-electron chi connectivity index (χ0n) is 10.6. The molecule has 17 heavy (non-hydrogen) atoms. The SMILES string of the molecule is CCOCCCC[n+]1cc[nH]c1CCCC#N. The minimum absolute atomic E-state index is 0.628. The largest absolute Gasteiger partial charge is 0.382 e. The molecule has 0 radical (unpaired) electrons. The van der Waals surface area contributed by atoms with Gasteiger partial charge in [0.1, 0.15) is 12.4 Å². The summed E-state index contributed by atoms with van der Waals surface area (Å²) in [6.07, 6.45) is 8.77. The lowest BCUT2D eigenvalue weighted by atomic mass is 10.2. The van der Waals surface area contributed by atoms with E-state index in [-0.39, 0.29) is 0 Å². The fourth-order valence-electron chi connectivity index (χ4n) is 1.79.